The fourth-order valence-electron chi connectivity index (χ4n) is 1.74. The van der Waals surface area contributed by atoms with Crippen LogP contribution in [0.2, 0.25) is 0 Å². The molecule has 0 amide bonds. The topological polar surface area (TPSA) is 18.5 Å². The molecule has 7 heteroatoms. The molecular weight excluding hydrogens is 299 g/mol. The van der Waals surface area contributed by atoms with Crippen LogP contribution < -0.4 is 10.3 Å². The molecule has 3 nitrogen and oxygen atoms in total. The van der Waals surface area contributed by atoms with Gasteiger partial charge in [-0.1, -0.05) is 31.8 Å². The van der Waals surface area contributed by atoms with Crippen molar-refractivity contribution in [3.8, 4) is 0 Å². The minimum atomic E-state index is -4.51. The van der Waals surface area contributed by atoms with E-state index in [9.17, 15) is 13.2 Å². The largest absolute Gasteiger partial charge is 0.432 e. The van der Waals surface area contributed by atoms with Gasteiger partial charge >= 0.3 is 6.18 Å². The Kier molecular flexibility index (Phi) is 5.74. The average Bonchev–Trinajstić information content (AvgIpc) is 2.37. The first-order valence-corrected chi connectivity index (χ1v) is 6.72. The van der Waals surface area contributed by atoms with E-state index in [0.717, 1.165) is 5.01 Å². The van der Waals surface area contributed by atoms with Crippen molar-refractivity contribution in [1.29, 1.82) is 0 Å². The summed E-state index contributed by atoms with van der Waals surface area (Å²) < 4.78 is 39.0. The second kappa shape index (κ2) is 6.91. The number of hydrazine groups is 1. The Bertz CT molecular complexity index is 528. The minimum Gasteiger partial charge on any atom is -0.350 e. The first-order chi connectivity index (χ1) is 9.66. The lowest BCUT2D eigenvalue weighted by molar-refractivity contribution is -0.0967. The fraction of sp³-hybridized carbons (Fsp3) is 0.357. The summed E-state index contributed by atoms with van der Waals surface area (Å²) in [6.45, 7) is 7.04. The molecule has 0 aliphatic heterocycles. The molecule has 0 heterocycles. The van der Waals surface area contributed by atoms with Crippen LogP contribution in [0.4, 0.5) is 24.5 Å². The summed E-state index contributed by atoms with van der Waals surface area (Å²) in [5.74, 6) is 0. The van der Waals surface area contributed by atoms with Crippen molar-refractivity contribution in [3.05, 3.63) is 36.5 Å². The molecule has 116 valence electrons. The van der Waals surface area contributed by atoms with Crippen molar-refractivity contribution in [2.24, 2.45) is 0 Å². The number of thiocarbonyl (C=S) groups is 1. The number of rotatable bonds is 5. The van der Waals surface area contributed by atoms with E-state index in [1.54, 1.807) is 45.2 Å². The molecule has 21 heavy (non-hydrogen) atoms. The second-order valence-electron chi connectivity index (χ2n) is 4.46. The molecule has 0 saturated heterocycles. The Balaban J connectivity index is 3.21. The first kappa shape index (κ1) is 17.5. The number of benzene rings is 1. The van der Waals surface area contributed by atoms with Crippen LogP contribution in [0.3, 0.4) is 0 Å². The van der Waals surface area contributed by atoms with Crippen LogP contribution in [0.15, 0.2) is 36.5 Å². The number of halogens is 3. The predicted octanol–water partition coefficient (Wildman–Crippen LogP) is 4.19. The predicted molar refractivity (Wildman–Crippen MR) is 84.3 cm³/mol. The van der Waals surface area contributed by atoms with Gasteiger partial charge < -0.3 is 5.32 Å². The van der Waals surface area contributed by atoms with Gasteiger partial charge in [-0.15, -0.1) is 0 Å². The highest BCUT2D eigenvalue weighted by molar-refractivity contribution is 7.80. The SMILES string of the molecule is C=C(N(c1cccc(NC(C)=S)c1)N(C)CC)C(F)(F)F. The lowest BCUT2D eigenvalue weighted by atomic mass is 10.2. The van der Waals surface area contributed by atoms with Gasteiger partial charge in [-0.05, 0) is 25.1 Å². The van der Waals surface area contributed by atoms with Gasteiger partial charge in [0.05, 0.1) is 10.7 Å². The molecule has 0 saturated carbocycles. The summed E-state index contributed by atoms with van der Waals surface area (Å²) in [5.41, 5.74) is 0.0514. The van der Waals surface area contributed by atoms with Crippen LogP contribution in [0.5, 0.6) is 0 Å². The Hall–Kier alpha value is -1.60. The van der Waals surface area contributed by atoms with Gasteiger partial charge in [-0.3, -0.25) is 5.01 Å². The van der Waals surface area contributed by atoms with E-state index < -0.39 is 11.9 Å². The average molecular weight is 317 g/mol. The molecule has 0 aromatic heterocycles. The van der Waals surface area contributed by atoms with Crippen molar-refractivity contribution in [1.82, 2.24) is 5.01 Å². The zero-order valence-corrected chi connectivity index (χ0v) is 13.0. The Labute approximate surface area is 128 Å². The molecule has 1 N–H and O–H groups in total. The monoisotopic (exact) mass is 317 g/mol. The standard InChI is InChI=1S/C14H18F3N3S/c1-5-19(4)20(10(2)14(15,16)17)13-8-6-7-12(9-13)18-11(3)21/h6-9H,2,5H2,1,3-4H3,(H,18,21). The summed E-state index contributed by atoms with van der Waals surface area (Å²) in [6.07, 6.45) is -4.51. The lowest BCUT2D eigenvalue weighted by Gasteiger charge is -2.35. The van der Waals surface area contributed by atoms with E-state index in [2.05, 4.69) is 11.9 Å². The van der Waals surface area contributed by atoms with Crippen LogP contribution in [0.1, 0.15) is 13.8 Å². The van der Waals surface area contributed by atoms with Crippen molar-refractivity contribution in [2.45, 2.75) is 20.0 Å². The van der Waals surface area contributed by atoms with Crippen LogP contribution >= 0.6 is 12.2 Å². The van der Waals surface area contributed by atoms with E-state index in [0.29, 0.717) is 22.9 Å². The summed E-state index contributed by atoms with van der Waals surface area (Å²) >= 11 is 4.94. The van der Waals surface area contributed by atoms with Crippen LogP contribution in [0, 0.1) is 0 Å². The third-order valence-electron chi connectivity index (χ3n) is 2.79. The third kappa shape index (κ3) is 4.71. The number of nitrogens with zero attached hydrogens (tertiary/aromatic N) is 2. The van der Waals surface area contributed by atoms with E-state index in [4.69, 9.17) is 12.2 Å². The smallest absolute Gasteiger partial charge is 0.350 e. The highest BCUT2D eigenvalue weighted by Crippen LogP contribution is 2.32. The molecule has 1 aromatic rings. The number of anilines is 2. The van der Waals surface area contributed by atoms with Gasteiger partial charge in [0, 0.05) is 19.3 Å². The van der Waals surface area contributed by atoms with Gasteiger partial charge in [-0.25, -0.2) is 5.01 Å². The molecule has 0 unspecified atom stereocenters. The molecule has 1 aromatic carbocycles. The molecule has 0 bridgehead atoms. The molecule has 0 aliphatic rings. The van der Waals surface area contributed by atoms with E-state index in [1.165, 1.54) is 5.01 Å². The van der Waals surface area contributed by atoms with E-state index in [1.807, 2.05) is 0 Å². The van der Waals surface area contributed by atoms with Gasteiger partial charge in [0.1, 0.15) is 5.70 Å². The zero-order valence-electron chi connectivity index (χ0n) is 12.2. The summed E-state index contributed by atoms with van der Waals surface area (Å²) in [7, 11) is 1.57. The van der Waals surface area contributed by atoms with Gasteiger partial charge in [-0.2, -0.15) is 13.2 Å². The lowest BCUT2D eigenvalue weighted by Crippen LogP contribution is -2.43. The summed E-state index contributed by atoms with van der Waals surface area (Å²) in [4.78, 5) is 0.539. The maximum atomic E-state index is 13.0. The second-order valence-corrected chi connectivity index (χ2v) is 5.07. The summed E-state index contributed by atoms with van der Waals surface area (Å²) in [5, 5.41) is 5.40. The van der Waals surface area contributed by atoms with Gasteiger partial charge in [0.25, 0.3) is 0 Å². The number of hydrogen-bond donors (Lipinski definition) is 1. The number of nitrogens with one attached hydrogen (secondary N) is 1. The van der Waals surface area contributed by atoms with E-state index in [-0.39, 0.29) is 0 Å². The number of allylic oxidation sites excluding steroid dienone is 1. The molecule has 1 rings (SSSR count). The number of alkyl halides is 3. The molecule has 0 fully saturated rings. The Morgan fingerprint density at radius 2 is 2.00 bits per heavy atom. The van der Waals surface area contributed by atoms with Crippen LogP contribution in [0.25, 0.3) is 0 Å². The third-order valence-corrected chi connectivity index (χ3v) is 2.90. The van der Waals surface area contributed by atoms with Crippen molar-refractivity contribution >= 4 is 28.6 Å². The highest BCUT2D eigenvalue weighted by Gasteiger charge is 2.38. The molecule has 0 atom stereocenters. The minimum absolute atomic E-state index is 0.364. The molecule has 0 radical (unpaired) electrons. The summed E-state index contributed by atoms with van der Waals surface area (Å²) in [6, 6.07) is 6.59. The molecular formula is C14H18F3N3S. The number of hydrogen-bond acceptors (Lipinski definition) is 3. The zero-order chi connectivity index (χ0) is 16.2. The Morgan fingerprint density at radius 1 is 1.38 bits per heavy atom. The van der Waals surface area contributed by atoms with Gasteiger partial charge in [0.15, 0.2) is 0 Å². The van der Waals surface area contributed by atoms with Gasteiger partial charge in [0.2, 0.25) is 0 Å². The highest BCUT2D eigenvalue weighted by atomic mass is 32.1. The first-order valence-electron chi connectivity index (χ1n) is 6.31. The molecule has 0 aliphatic carbocycles. The molecule has 0 spiro atoms. The van der Waals surface area contributed by atoms with Crippen molar-refractivity contribution in [3.63, 3.8) is 0 Å². The maximum absolute atomic E-state index is 13.0. The van der Waals surface area contributed by atoms with Crippen LogP contribution in [-0.4, -0.2) is 29.8 Å². The van der Waals surface area contributed by atoms with Crippen molar-refractivity contribution in [2.75, 3.05) is 23.9 Å². The fourth-order valence-corrected chi connectivity index (χ4v) is 1.86. The van der Waals surface area contributed by atoms with Crippen molar-refractivity contribution < 1.29 is 13.2 Å². The van der Waals surface area contributed by atoms with Crippen LogP contribution in [-0.2, 0) is 0 Å². The quantitative estimate of drug-likeness (QED) is 0.648. The normalized spacial score (nSPS) is 11.4. The Morgan fingerprint density at radius 3 is 2.48 bits per heavy atom. The van der Waals surface area contributed by atoms with E-state index >= 15 is 0 Å². The maximum Gasteiger partial charge on any atom is 0.432 e.